The minimum atomic E-state index is 0.140. The summed E-state index contributed by atoms with van der Waals surface area (Å²) < 4.78 is 0. The van der Waals surface area contributed by atoms with Crippen LogP contribution in [-0.4, -0.2) is 12.8 Å². The van der Waals surface area contributed by atoms with Crippen molar-refractivity contribution in [2.75, 3.05) is 12.4 Å². The Labute approximate surface area is 101 Å². The van der Waals surface area contributed by atoms with E-state index >= 15 is 0 Å². The lowest BCUT2D eigenvalue weighted by Gasteiger charge is -2.07. The summed E-state index contributed by atoms with van der Waals surface area (Å²) in [6.07, 6.45) is 0.444. The van der Waals surface area contributed by atoms with Crippen molar-refractivity contribution in [1.82, 2.24) is 0 Å². The maximum atomic E-state index is 12.2. The number of hydrogen-bond acceptors (Lipinski definition) is 2. The smallest absolute Gasteiger partial charge is 0.169 e. The fraction of sp³-hybridized carbons (Fsp3) is 0.133. The Morgan fingerprint density at radius 3 is 2.35 bits per heavy atom. The van der Waals surface area contributed by atoms with Crippen LogP contribution in [0.4, 0.5) is 5.69 Å². The zero-order valence-corrected chi connectivity index (χ0v) is 9.81. The first-order valence-electron chi connectivity index (χ1n) is 5.65. The van der Waals surface area contributed by atoms with Crippen LogP contribution < -0.4 is 5.32 Å². The molecule has 0 bridgehead atoms. The second kappa shape index (κ2) is 5.30. The van der Waals surface area contributed by atoms with E-state index in [2.05, 4.69) is 5.32 Å². The molecule has 17 heavy (non-hydrogen) atoms. The topological polar surface area (TPSA) is 29.1 Å². The van der Waals surface area contributed by atoms with Gasteiger partial charge in [0, 0.05) is 24.7 Å². The molecule has 0 aliphatic carbocycles. The zero-order chi connectivity index (χ0) is 12.1. The largest absolute Gasteiger partial charge is 0.388 e. The fourth-order valence-corrected chi connectivity index (χ4v) is 1.82. The van der Waals surface area contributed by atoms with Crippen molar-refractivity contribution in [3.05, 3.63) is 65.7 Å². The van der Waals surface area contributed by atoms with E-state index < -0.39 is 0 Å². The summed E-state index contributed by atoms with van der Waals surface area (Å²) in [7, 11) is 1.83. The highest BCUT2D eigenvalue weighted by Crippen LogP contribution is 2.16. The Hall–Kier alpha value is -2.09. The molecule has 86 valence electrons. The van der Waals surface area contributed by atoms with E-state index in [1.165, 1.54) is 0 Å². The molecule has 0 amide bonds. The summed E-state index contributed by atoms with van der Waals surface area (Å²) in [4.78, 5) is 12.2. The summed E-state index contributed by atoms with van der Waals surface area (Å²) in [6.45, 7) is 0. The van der Waals surface area contributed by atoms with Gasteiger partial charge in [0.25, 0.3) is 0 Å². The Morgan fingerprint density at radius 2 is 1.65 bits per heavy atom. The van der Waals surface area contributed by atoms with Crippen LogP contribution in [-0.2, 0) is 6.42 Å². The SMILES string of the molecule is CNc1ccccc1C(=O)Cc1ccccc1. The first kappa shape index (κ1) is 11.4. The highest BCUT2D eigenvalue weighted by Gasteiger charge is 2.10. The first-order chi connectivity index (χ1) is 8.31. The Bertz CT molecular complexity index is 505. The number of carbonyl (C=O) groups excluding carboxylic acids is 1. The van der Waals surface area contributed by atoms with Crippen LogP contribution in [0.15, 0.2) is 54.6 Å². The lowest BCUT2D eigenvalue weighted by atomic mass is 10.0. The monoisotopic (exact) mass is 225 g/mol. The number of para-hydroxylation sites is 1. The van der Waals surface area contributed by atoms with Gasteiger partial charge in [0.15, 0.2) is 5.78 Å². The van der Waals surface area contributed by atoms with Crippen molar-refractivity contribution in [2.45, 2.75) is 6.42 Å². The Balaban J connectivity index is 2.20. The molecule has 0 aliphatic heterocycles. The molecule has 0 radical (unpaired) electrons. The van der Waals surface area contributed by atoms with Crippen LogP contribution in [0.5, 0.6) is 0 Å². The average Bonchev–Trinajstić information content (AvgIpc) is 2.40. The number of rotatable bonds is 4. The first-order valence-corrected chi connectivity index (χ1v) is 5.65. The van der Waals surface area contributed by atoms with Crippen molar-refractivity contribution in [3.63, 3.8) is 0 Å². The zero-order valence-electron chi connectivity index (χ0n) is 9.81. The van der Waals surface area contributed by atoms with Gasteiger partial charge in [0.05, 0.1) is 0 Å². The van der Waals surface area contributed by atoms with E-state index in [4.69, 9.17) is 0 Å². The lowest BCUT2D eigenvalue weighted by molar-refractivity contribution is 0.0994. The van der Waals surface area contributed by atoms with Crippen molar-refractivity contribution >= 4 is 11.5 Å². The lowest BCUT2D eigenvalue weighted by Crippen LogP contribution is -2.06. The van der Waals surface area contributed by atoms with Crippen LogP contribution in [0.25, 0.3) is 0 Å². The van der Waals surface area contributed by atoms with Crippen LogP contribution >= 0.6 is 0 Å². The van der Waals surface area contributed by atoms with Gasteiger partial charge in [-0.1, -0.05) is 42.5 Å². The van der Waals surface area contributed by atoms with Crippen molar-refractivity contribution < 1.29 is 4.79 Å². The van der Waals surface area contributed by atoms with Crippen LogP contribution in [0.3, 0.4) is 0 Å². The maximum Gasteiger partial charge on any atom is 0.169 e. The van der Waals surface area contributed by atoms with Gasteiger partial charge in [0.2, 0.25) is 0 Å². The summed E-state index contributed by atoms with van der Waals surface area (Å²) in [5, 5.41) is 3.04. The number of benzene rings is 2. The van der Waals surface area contributed by atoms with Crippen LogP contribution in [0, 0.1) is 0 Å². The van der Waals surface area contributed by atoms with E-state index in [9.17, 15) is 4.79 Å². The standard InChI is InChI=1S/C15H15NO/c1-16-14-10-6-5-9-13(14)15(17)11-12-7-3-2-4-8-12/h2-10,16H,11H2,1H3. The molecule has 2 aromatic rings. The number of Topliss-reactive ketones (excluding diaryl/α,β-unsaturated/α-hetero) is 1. The molecule has 0 aromatic heterocycles. The van der Waals surface area contributed by atoms with Gasteiger partial charge in [-0.05, 0) is 17.7 Å². The molecule has 0 spiro atoms. The fourth-order valence-electron chi connectivity index (χ4n) is 1.82. The summed E-state index contributed by atoms with van der Waals surface area (Å²) >= 11 is 0. The molecule has 2 aromatic carbocycles. The van der Waals surface area contributed by atoms with E-state index in [1.807, 2.05) is 61.6 Å². The summed E-state index contributed by atoms with van der Waals surface area (Å²) in [5.41, 5.74) is 2.68. The van der Waals surface area contributed by atoms with Crippen LogP contribution in [0.1, 0.15) is 15.9 Å². The number of ketones is 1. The molecule has 2 nitrogen and oxygen atoms in total. The Morgan fingerprint density at radius 1 is 1.00 bits per heavy atom. The van der Waals surface area contributed by atoms with Gasteiger partial charge >= 0.3 is 0 Å². The minimum Gasteiger partial charge on any atom is -0.388 e. The molecule has 0 heterocycles. The molecular formula is C15H15NO. The molecule has 0 aliphatic rings. The molecule has 0 fully saturated rings. The molecule has 2 heteroatoms. The van der Waals surface area contributed by atoms with Crippen LogP contribution in [0.2, 0.25) is 0 Å². The predicted molar refractivity (Wildman–Crippen MR) is 70.5 cm³/mol. The van der Waals surface area contributed by atoms with Gasteiger partial charge in [-0.3, -0.25) is 4.79 Å². The normalized spacial score (nSPS) is 9.94. The van der Waals surface area contributed by atoms with E-state index in [0.717, 1.165) is 16.8 Å². The second-order valence-corrected chi connectivity index (χ2v) is 3.88. The summed E-state index contributed by atoms with van der Waals surface area (Å²) in [5.74, 6) is 0.140. The maximum absolute atomic E-state index is 12.2. The number of nitrogens with one attached hydrogen (secondary N) is 1. The minimum absolute atomic E-state index is 0.140. The van der Waals surface area contributed by atoms with Gasteiger partial charge in [-0.2, -0.15) is 0 Å². The van der Waals surface area contributed by atoms with Gasteiger partial charge < -0.3 is 5.32 Å². The molecular weight excluding hydrogens is 210 g/mol. The van der Waals surface area contributed by atoms with E-state index in [-0.39, 0.29) is 5.78 Å². The second-order valence-electron chi connectivity index (χ2n) is 3.88. The van der Waals surface area contributed by atoms with Gasteiger partial charge in [-0.15, -0.1) is 0 Å². The van der Waals surface area contributed by atoms with E-state index in [1.54, 1.807) is 0 Å². The van der Waals surface area contributed by atoms with Crippen molar-refractivity contribution in [1.29, 1.82) is 0 Å². The van der Waals surface area contributed by atoms with Crippen molar-refractivity contribution in [3.8, 4) is 0 Å². The third-order valence-electron chi connectivity index (χ3n) is 2.70. The number of hydrogen-bond donors (Lipinski definition) is 1. The predicted octanol–water partition coefficient (Wildman–Crippen LogP) is 3.15. The number of anilines is 1. The molecule has 2 rings (SSSR count). The quantitative estimate of drug-likeness (QED) is 0.810. The molecule has 0 atom stereocenters. The highest BCUT2D eigenvalue weighted by molar-refractivity contribution is 6.02. The molecule has 0 saturated carbocycles. The highest BCUT2D eigenvalue weighted by atomic mass is 16.1. The molecule has 0 unspecified atom stereocenters. The van der Waals surface area contributed by atoms with Crippen molar-refractivity contribution in [2.24, 2.45) is 0 Å². The van der Waals surface area contributed by atoms with Gasteiger partial charge in [0.1, 0.15) is 0 Å². The third-order valence-corrected chi connectivity index (χ3v) is 2.70. The van der Waals surface area contributed by atoms with E-state index in [0.29, 0.717) is 6.42 Å². The molecule has 1 N–H and O–H groups in total. The summed E-state index contributed by atoms with van der Waals surface area (Å²) in [6, 6.07) is 17.4. The number of carbonyl (C=O) groups is 1. The average molecular weight is 225 g/mol. The Kier molecular flexibility index (Phi) is 3.55. The molecule has 0 saturated heterocycles. The van der Waals surface area contributed by atoms with Gasteiger partial charge in [-0.25, -0.2) is 0 Å². The third kappa shape index (κ3) is 2.72.